The van der Waals surface area contributed by atoms with Crippen molar-refractivity contribution in [1.29, 1.82) is 0 Å². The molecule has 2 unspecified atom stereocenters. The third-order valence-corrected chi connectivity index (χ3v) is 4.38. The summed E-state index contributed by atoms with van der Waals surface area (Å²) in [7, 11) is -0.907. The van der Waals surface area contributed by atoms with Crippen LogP contribution in [0.1, 0.15) is 35.2 Å². The lowest BCUT2D eigenvalue weighted by atomic mass is 10.1. The van der Waals surface area contributed by atoms with E-state index in [1.807, 2.05) is 12.1 Å². The first kappa shape index (κ1) is 18.1. The molecule has 1 saturated heterocycles. The van der Waals surface area contributed by atoms with Gasteiger partial charge in [-0.15, -0.1) is 0 Å². The van der Waals surface area contributed by atoms with E-state index in [1.165, 1.54) is 0 Å². The fourth-order valence-electron chi connectivity index (χ4n) is 2.51. The van der Waals surface area contributed by atoms with Gasteiger partial charge in [0.15, 0.2) is 0 Å². The standard InChI is InChI=1S/C17H25NO4S/c1-23(20)13-14-5-2-6-15(11-14)17(19)18-8-4-9-21-12-16-7-3-10-22-16/h2,5-6,11,16H,3-4,7-10,12-13H2,1H3,(H,18,19). The van der Waals surface area contributed by atoms with Crippen LogP contribution in [0.15, 0.2) is 24.3 Å². The maximum absolute atomic E-state index is 12.1. The van der Waals surface area contributed by atoms with Crippen molar-refractivity contribution in [1.82, 2.24) is 5.32 Å². The fraction of sp³-hybridized carbons (Fsp3) is 0.588. The topological polar surface area (TPSA) is 64.6 Å². The monoisotopic (exact) mass is 339 g/mol. The van der Waals surface area contributed by atoms with Crippen molar-refractivity contribution in [2.75, 3.05) is 32.6 Å². The van der Waals surface area contributed by atoms with E-state index in [9.17, 15) is 9.00 Å². The van der Waals surface area contributed by atoms with E-state index in [4.69, 9.17) is 9.47 Å². The first-order valence-corrected chi connectivity index (χ1v) is 9.74. The molecule has 0 radical (unpaired) electrons. The largest absolute Gasteiger partial charge is 0.379 e. The van der Waals surface area contributed by atoms with Gasteiger partial charge < -0.3 is 14.8 Å². The molecule has 1 aliphatic rings. The second-order valence-corrected chi connectivity index (χ2v) is 7.17. The molecule has 1 heterocycles. The van der Waals surface area contributed by atoms with Crippen LogP contribution in [-0.4, -0.2) is 48.8 Å². The summed E-state index contributed by atoms with van der Waals surface area (Å²) in [6.07, 6.45) is 4.88. The number of carbonyl (C=O) groups is 1. The van der Waals surface area contributed by atoms with E-state index in [0.717, 1.165) is 31.4 Å². The van der Waals surface area contributed by atoms with E-state index in [2.05, 4.69) is 5.32 Å². The molecule has 1 fully saturated rings. The molecule has 0 aromatic heterocycles. The lowest BCUT2D eigenvalue weighted by molar-refractivity contribution is 0.0166. The Balaban J connectivity index is 1.63. The quantitative estimate of drug-likeness (QED) is 0.698. The molecule has 0 saturated carbocycles. The van der Waals surface area contributed by atoms with E-state index in [1.54, 1.807) is 18.4 Å². The fourth-order valence-corrected chi connectivity index (χ4v) is 3.15. The predicted octanol–water partition coefficient (Wildman–Crippen LogP) is 1.88. The van der Waals surface area contributed by atoms with E-state index in [0.29, 0.717) is 31.1 Å². The smallest absolute Gasteiger partial charge is 0.251 e. The first-order valence-electron chi connectivity index (χ1n) is 8.01. The predicted molar refractivity (Wildman–Crippen MR) is 91.0 cm³/mol. The van der Waals surface area contributed by atoms with Crippen molar-refractivity contribution >= 4 is 16.7 Å². The molecule has 1 N–H and O–H groups in total. The minimum Gasteiger partial charge on any atom is -0.379 e. The Morgan fingerprint density at radius 3 is 3.09 bits per heavy atom. The highest BCUT2D eigenvalue weighted by Gasteiger charge is 2.15. The summed E-state index contributed by atoms with van der Waals surface area (Å²) in [5, 5.41) is 2.88. The molecule has 0 bridgehead atoms. The number of ether oxygens (including phenoxy) is 2. The molecule has 6 heteroatoms. The molecular formula is C17H25NO4S. The molecule has 23 heavy (non-hydrogen) atoms. The Morgan fingerprint density at radius 2 is 2.35 bits per heavy atom. The van der Waals surface area contributed by atoms with Crippen molar-refractivity contribution in [2.24, 2.45) is 0 Å². The molecule has 5 nitrogen and oxygen atoms in total. The van der Waals surface area contributed by atoms with E-state index in [-0.39, 0.29) is 12.0 Å². The lowest BCUT2D eigenvalue weighted by Gasteiger charge is -2.10. The van der Waals surface area contributed by atoms with Crippen LogP contribution in [0, 0.1) is 0 Å². The van der Waals surface area contributed by atoms with Crippen molar-refractivity contribution in [3.63, 3.8) is 0 Å². The summed E-state index contributed by atoms with van der Waals surface area (Å²) in [6, 6.07) is 7.27. The van der Waals surface area contributed by atoms with Crippen molar-refractivity contribution < 1.29 is 18.5 Å². The minimum atomic E-state index is -0.907. The zero-order chi connectivity index (χ0) is 16.5. The van der Waals surface area contributed by atoms with Crippen molar-refractivity contribution in [2.45, 2.75) is 31.1 Å². The van der Waals surface area contributed by atoms with Crippen LogP contribution in [0.25, 0.3) is 0 Å². The molecule has 2 atom stereocenters. The maximum Gasteiger partial charge on any atom is 0.251 e. The third-order valence-electron chi connectivity index (χ3n) is 3.64. The Kier molecular flexibility index (Phi) is 7.71. The minimum absolute atomic E-state index is 0.104. The van der Waals surface area contributed by atoms with Gasteiger partial charge in [0.1, 0.15) is 0 Å². The SMILES string of the molecule is CS(=O)Cc1cccc(C(=O)NCCCOCC2CCCO2)c1. The summed E-state index contributed by atoms with van der Waals surface area (Å²) < 4.78 is 22.3. The Morgan fingerprint density at radius 1 is 1.48 bits per heavy atom. The van der Waals surface area contributed by atoms with Crippen LogP contribution < -0.4 is 5.32 Å². The highest BCUT2D eigenvalue weighted by molar-refractivity contribution is 7.83. The number of carbonyl (C=O) groups excluding carboxylic acids is 1. The van der Waals surface area contributed by atoms with Crippen LogP contribution in [0.2, 0.25) is 0 Å². The Labute approximate surface area is 140 Å². The zero-order valence-electron chi connectivity index (χ0n) is 13.6. The highest BCUT2D eigenvalue weighted by Crippen LogP contribution is 2.12. The average Bonchev–Trinajstić information content (AvgIpc) is 3.03. The normalized spacial score (nSPS) is 18.7. The molecule has 1 aromatic carbocycles. The number of nitrogens with one attached hydrogen (secondary N) is 1. The lowest BCUT2D eigenvalue weighted by Crippen LogP contribution is -2.25. The molecule has 1 aliphatic heterocycles. The van der Waals surface area contributed by atoms with Gasteiger partial charge in [-0.25, -0.2) is 0 Å². The molecular weight excluding hydrogens is 314 g/mol. The van der Waals surface area contributed by atoms with E-state index >= 15 is 0 Å². The summed E-state index contributed by atoms with van der Waals surface area (Å²) in [5.41, 5.74) is 1.52. The van der Waals surface area contributed by atoms with Gasteiger partial charge in [0.2, 0.25) is 0 Å². The maximum atomic E-state index is 12.1. The van der Waals surface area contributed by atoms with Crippen LogP contribution in [0.5, 0.6) is 0 Å². The molecule has 0 spiro atoms. The van der Waals surface area contributed by atoms with Crippen LogP contribution in [0.4, 0.5) is 0 Å². The van der Waals surface area contributed by atoms with Gasteiger partial charge in [-0.3, -0.25) is 9.00 Å². The van der Waals surface area contributed by atoms with Crippen LogP contribution >= 0.6 is 0 Å². The number of rotatable bonds is 9. The van der Waals surface area contributed by atoms with Crippen molar-refractivity contribution in [3.05, 3.63) is 35.4 Å². The molecule has 0 aliphatic carbocycles. The Bertz CT molecular complexity index is 529. The Hall–Kier alpha value is -1.24. The van der Waals surface area contributed by atoms with Crippen LogP contribution in [0.3, 0.4) is 0 Å². The second kappa shape index (κ2) is 9.80. The highest BCUT2D eigenvalue weighted by atomic mass is 32.2. The van der Waals surface area contributed by atoms with Gasteiger partial charge in [0.05, 0.1) is 12.7 Å². The number of amides is 1. The van der Waals surface area contributed by atoms with E-state index < -0.39 is 10.8 Å². The average molecular weight is 339 g/mol. The van der Waals surface area contributed by atoms with Gasteiger partial charge in [-0.05, 0) is 37.0 Å². The van der Waals surface area contributed by atoms with Gasteiger partial charge in [-0.2, -0.15) is 0 Å². The molecule has 2 rings (SSSR count). The van der Waals surface area contributed by atoms with Gasteiger partial charge >= 0.3 is 0 Å². The van der Waals surface area contributed by atoms with Gasteiger partial charge in [0, 0.05) is 48.1 Å². The zero-order valence-corrected chi connectivity index (χ0v) is 14.4. The number of hydrogen-bond acceptors (Lipinski definition) is 4. The number of benzene rings is 1. The second-order valence-electron chi connectivity index (χ2n) is 5.74. The van der Waals surface area contributed by atoms with Crippen molar-refractivity contribution in [3.8, 4) is 0 Å². The van der Waals surface area contributed by atoms with Crippen LogP contribution in [-0.2, 0) is 26.0 Å². The van der Waals surface area contributed by atoms with Gasteiger partial charge in [-0.1, -0.05) is 12.1 Å². The molecule has 1 aromatic rings. The molecule has 1 amide bonds. The summed E-state index contributed by atoms with van der Waals surface area (Å²) in [5.74, 6) is 0.367. The summed E-state index contributed by atoms with van der Waals surface area (Å²) in [4.78, 5) is 12.1. The molecule has 128 valence electrons. The third kappa shape index (κ3) is 6.81. The van der Waals surface area contributed by atoms with Gasteiger partial charge in [0.25, 0.3) is 5.91 Å². The first-order chi connectivity index (χ1) is 11.1. The number of hydrogen-bond donors (Lipinski definition) is 1. The summed E-state index contributed by atoms with van der Waals surface area (Å²) in [6.45, 7) is 2.68. The summed E-state index contributed by atoms with van der Waals surface area (Å²) >= 11 is 0.